The number of aldehydes is 1. The van der Waals surface area contributed by atoms with Gasteiger partial charge in [-0.05, 0) is 0 Å². The quantitative estimate of drug-likeness (QED) is 0.404. The van der Waals surface area contributed by atoms with Crippen molar-refractivity contribution in [3.63, 3.8) is 0 Å². The average molecular weight is 212 g/mol. The second kappa shape index (κ2) is 10.0. The van der Waals surface area contributed by atoms with E-state index in [1.165, 1.54) is 0 Å². The van der Waals surface area contributed by atoms with Crippen molar-refractivity contribution in [1.82, 2.24) is 0 Å². The zero-order chi connectivity index (χ0) is 9.40. The van der Waals surface area contributed by atoms with Gasteiger partial charge in [0.2, 0.25) is 0 Å². The first-order valence-corrected chi connectivity index (χ1v) is 4.03. The van der Waals surface area contributed by atoms with Crippen molar-refractivity contribution in [2.45, 2.75) is 0 Å². The van der Waals surface area contributed by atoms with Gasteiger partial charge in [0.05, 0.1) is 0 Å². The number of carbonyl (C=O) groups excluding carboxylic acids is 1. The molecule has 0 fully saturated rings. The van der Waals surface area contributed by atoms with E-state index >= 15 is 0 Å². The minimum atomic E-state index is -2.61. The van der Waals surface area contributed by atoms with Crippen molar-refractivity contribution in [3.05, 3.63) is 35.9 Å². The summed E-state index contributed by atoms with van der Waals surface area (Å²) in [6.45, 7) is 0. The molecule has 0 aromatic heterocycles. The molecule has 0 aliphatic heterocycles. The second-order valence-electron chi connectivity index (χ2n) is 1.76. The fraction of sp³-hybridized carbons (Fsp3) is 0. The predicted molar refractivity (Wildman–Crippen MR) is 52.4 cm³/mol. The summed E-state index contributed by atoms with van der Waals surface area (Å²) in [6, 6.07) is 9.10. The Hall–Kier alpha value is -0.0400. The molecule has 0 atom stereocenters. The molecule has 0 unspecified atom stereocenters. The van der Waals surface area contributed by atoms with Gasteiger partial charge in [-0.3, -0.25) is 13.9 Å². The summed E-state index contributed by atoms with van der Waals surface area (Å²) in [5.41, 5.74) is 0.729. The molecular weight excluding hydrogens is 203 g/mol. The van der Waals surface area contributed by atoms with Gasteiger partial charge in [-0.2, -0.15) is 4.21 Å². The van der Waals surface area contributed by atoms with Crippen LogP contribution < -0.4 is 0 Å². The van der Waals surface area contributed by atoms with Crippen LogP contribution in [0.4, 0.5) is 0 Å². The molecule has 6 heteroatoms. The van der Waals surface area contributed by atoms with E-state index in [0.717, 1.165) is 11.8 Å². The fourth-order valence-electron chi connectivity index (χ4n) is 0.532. The third kappa shape index (κ3) is 12.0. The van der Waals surface area contributed by atoms with E-state index < -0.39 is 11.4 Å². The second-order valence-corrected chi connectivity index (χ2v) is 2.22. The van der Waals surface area contributed by atoms with Crippen LogP contribution in [0, 0.1) is 0 Å². The molecule has 0 aliphatic carbocycles. The third-order valence-electron chi connectivity index (χ3n) is 0.936. The van der Waals surface area contributed by atoms with Crippen molar-refractivity contribution < 1.29 is 18.1 Å². The van der Waals surface area contributed by atoms with Crippen LogP contribution >= 0.6 is 0 Å². The first kappa shape index (κ1) is 15.4. The molecule has 0 saturated carbocycles. The van der Waals surface area contributed by atoms with Gasteiger partial charge in [0.15, 0.2) is 0 Å². The molecule has 0 heterocycles. The molecule has 1 aromatic rings. The average Bonchev–Trinajstić information content (AvgIpc) is 2.05. The Labute approximate surface area is 101 Å². The molecule has 0 bridgehead atoms. The van der Waals surface area contributed by atoms with Gasteiger partial charge in [0.1, 0.15) is 6.29 Å². The van der Waals surface area contributed by atoms with Gasteiger partial charge in [0, 0.05) is 5.56 Å². The van der Waals surface area contributed by atoms with Crippen LogP contribution in [0.25, 0.3) is 0 Å². The van der Waals surface area contributed by atoms with E-state index in [0.29, 0.717) is 0 Å². The Kier molecular flexibility index (Phi) is 11.9. The van der Waals surface area contributed by atoms with Gasteiger partial charge < -0.3 is 0 Å². The molecule has 13 heavy (non-hydrogen) atoms. The normalized spacial score (nSPS) is 7.92. The maximum atomic E-state index is 10.0. The molecule has 0 radical (unpaired) electrons. The van der Waals surface area contributed by atoms with Crippen molar-refractivity contribution in [2.75, 3.05) is 0 Å². The molecule has 0 aliphatic rings. The van der Waals surface area contributed by atoms with Crippen LogP contribution in [-0.2, 0) is 11.4 Å². The topological polar surface area (TPSA) is 74.6 Å². The monoisotopic (exact) mass is 212 g/mol. The third-order valence-corrected chi connectivity index (χ3v) is 0.936. The molecule has 1 aromatic carbocycles. The number of hydrogen-bond acceptors (Lipinski definition) is 2. The predicted octanol–water partition coefficient (Wildman–Crippen LogP) is 0.532. The molecule has 0 saturated heterocycles. The summed E-state index contributed by atoms with van der Waals surface area (Å²) in [5, 5.41) is 0. The van der Waals surface area contributed by atoms with E-state index in [1.807, 2.05) is 18.2 Å². The SMILES string of the molecule is O=Cc1ccccc1.O=S(O)O.[NaH]. The van der Waals surface area contributed by atoms with E-state index in [4.69, 9.17) is 13.3 Å². The first-order chi connectivity index (χ1) is 5.66. The summed E-state index contributed by atoms with van der Waals surface area (Å²) in [7, 11) is 0. The summed E-state index contributed by atoms with van der Waals surface area (Å²) >= 11 is -2.61. The standard InChI is InChI=1S/C7H6O.Na.H2O3S.H/c8-6-7-4-2-1-3-5-7;;1-4(2)3;/h1-6H;;(H2,1,2,3);. The summed E-state index contributed by atoms with van der Waals surface area (Å²) in [6.07, 6.45) is 0.833. The number of hydrogen-bond donors (Lipinski definition) is 2. The van der Waals surface area contributed by atoms with E-state index in [1.54, 1.807) is 12.1 Å². The molecule has 4 nitrogen and oxygen atoms in total. The van der Waals surface area contributed by atoms with Gasteiger partial charge in [0.25, 0.3) is 11.4 Å². The Morgan fingerprint density at radius 2 is 1.54 bits per heavy atom. The van der Waals surface area contributed by atoms with Crippen LogP contribution in [0.2, 0.25) is 0 Å². The molecule has 2 N–H and O–H groups in total. The van der Waals surface area contributed by atoms with Crippen LogP contribution in [0.5, 0.6) is 0 Å². The van der Waals surface area contributed by atoms with E-state index in [-0.39, 0.29) is 29.6 Å². The Balaban J connectivity index is 0. The van der Waals surface area contributed by atoms with Crippen molar-refractivity contribution in [3.8, 4) is 0 Å². The van der Waals surface area contributed by atoms with Crippen LogP contribution in [0.1, 0.15) is 10.4 Å². The molecule has 0 spiro atoms. The summed E-state index contributed by atoms with van der Waals surface area (Å²) in [5.74, 6) is 0. The van der Waals surface area contributed by atoms with Crippen molar-refractivity contribution in [1.29, 1.82) is 0 Å². The van der Waals surface area contributed by atoms with E-state index in [2.05, 4.69) is 0 Å². The summed E-state index contributed by atoms with van der Waals surface area (Å²) in [4.78, 5) is 10.0. The van der Waals surface area contributed by atoms with Gasteiger partial charge in [-0.15, -0.1) is 0 Å². The number of carbonyl (C=O) groups is 1. The summed E-state index contributed by atoms with van der Waals surface area (Å²) < 4.78 is 22.8. The molecule has 1 rings (SSSR count). The molecular formula is C7H9NaO4S. The Morgan fingerprint density at radius 3 is 1.77 bits per heavy atom. The molecule has 0 amide bonds. The van der Waals surface area contributed by atoms with Crippen LogP contribution in [0.3, 0.4) is 0 Å². The zero-order valence-corrected chi connectivity index (χ0v) is 6.90. The number of benzene rings is 1. The Morgan fingerprint density at radius 1 is 1.15 bits per heavy atom. The maximum absolute atomic E-state index is 10.0. The van der Waals surface area contributed by atoms with Crippen molar-refractivity contribution in [2.24, 2.45) is 0 Å². The fourth-order valence-corrected chi connectivity index (χ4v) is 0.532. The zero-order valence-electron chi connectivity index (χ0n) is 6.08. The molecule has 68 valence electrons. The van der Waals surface area contributed by atoms with Gasteiger partial charge in [-0.25, -0.2) is 0 Å². The minimum absolute atomic E-state index is 0. The van der Waals surface area contributed by atoms with Crippen LogP contribution in [0.15, 0.2) is 30.3 Å². The Bertz CT molecular complexity index is 248. The first-order valence-electron chi connectivity index (χ1n) is 2.97. The van der Waals surface area contributed by atoms with Crippen LogP contribution in [-0.4, -0.2) is 49.2 Å². The number of rotatable bonds is 1. The van der Waals surface area contributed by atoms with Crippen molar-refractivity contribution >= 4 is 47.2 Å². The van der Waals surface area contributed by atoms with E-state index in [9.17, 15) is 4.79 Å². The van der Waals surface area contributed by atoms with Gasteiger partial charge in [-0.1, -0.05) is 30.3 Å². The van der Waals surface area contributed by atoms with Gasteiger partial charge >= 0.3 is 29.6 Å².